The molecule has 2 fully saturated rings. The molecule has 29 heavy (non-hydrogen) atoms. The first kappa shape index (κ1) is 22.1. The van der Waals surface area contributed by atoms with Crippen LogP contribution in [0.1, 0.15) is 55.9 Å². The number of nitrogens with zero attached hydrogens (tertiary/aromatic N) is 5. The van der Waals surface area contributed by atoms with Crippen LogP contribution in [0.2, 0.25) is 0 Å². The third kappa shape index (κ3) is 5.10. The molecule has 0 amide bonds. The fraction of sp³-hybridized carbons (Fsp3) is 0.591. The summed E-state index contributed by atoms with van der Waals surface area (Å²) in [5.74, 6) is 4.48. The molecule has 1 aliphatic heterocycles. The maximum absolute atomic E-state index is 4.98. The van der Waals surface area contributed by atoms with Gasteiger partial charge >= 0.3 is 0 Å². The monoisotopic (exact) mass is 508 g/mol. The lowest BCUT2D eigenvalue weighted by Gasteiger charge is -2.25. The highest BCUT2D eigenvalue weighted by molar-refractivity contribution is 14.0. The van der Waals surface area contributed by atoms with Crippen molar-refractivity contribution in [1.82, 2.24) is 25.0 Å². The largest absolute Gasteiger partial charge is 0.350 e. The predicted octanol–water partition coefficient (Wildman–Crippen LogP) is 4.07. The highest BCUT2D eigenvalue weighted by Crippen LogP contribution is 2.36. The molecular weight excluding hydrogens is 475 g/mol. The lowest BCUT2D eigenvalue weighted by Crippen LogP contribution is -2.41. The van der Waals surface area contributed by atoms with Gasteiger partial charge in [-0.15, -0.1) is 34.2 Å². The van der Waals surface area contributed by atoms with Crippen molar-refractivity contribution in [3.8, 4) is 0 Å². The van der Waals surface area contributed by atoms with Crippen LogP contribution in [0.4, 0.5) is 0 Å². The number of guanidine groups is 1. The van der Waals surface area contributed by atoms with Gasteiger partial charge in [-0.2, -0.15) is 0 Å². The number of aliphatic imine (C=N–C) groups is 1. The molecule has 1 aromatic carbocycles. The molecule has 1 N–H and O–H groups in total. The van der Waals surface area contributed by atoms with Crippen molar-refractivity contribution in [2.24, 2.45) is 23.9 Å². The standard InChI is InChI=1S/C22H32N6.HI/c1-16(18-9-5-4-6-10-18)24-22(23-13-21-26-25-17(2)27(21)3)28-14-19-11-7-8-12-20(19)15-28;/h4-6,9-10,16,19-20H,7-8,11-15H2,1-3H3,(H,23,24);1H. The third-order valence-corrected chi connectivity index (χ3v) is 6.47. The van der Waals surface area contributed by atoms with Crippen LogP contribution in [0, 0.1) is 18.8 Å². The van der Waals surface area contributed by atoms with Crippen molar-refractivity contribution in [2.45, 2.75) is 52.1 Å². The molecule has 6 nitrogen and oxygen atoms in total. The van der Waals surface area contributed by atoms with E-state index in [9.17, 15) is 0 Å². The Labute approximate surface area is 191 Å². The zero-order valence-electron chi connectivity index (χ0n) is 17.7. The molecule has 2 aliphatic rings. The summed E-state index contributed by atoms with van der Waals surface area (Å²) in [6, 6.07) is 10.8. The average molecular weight is 508 g/mol. The SMILES string of the molecule is Cc1nnc(CN=C(NC(C)c2ccccc2)N2CC3CCCCC3C2)n1C.I. The molecule has 0 bridgehead atoms. The Kier molecular flexibility index (Phi) is 7.54. The predicted molar refractivity (Wildman–Crippen MR) is 127 cm³/mol. The summed E-state index contributed by atoms with van der Waals surface area (Å²) in [7, 11) is 2.00. The van der Waals surface area contributed by atoms with Gasteiger partial charge in [-0.3, -0.25) is 0 Å². The van der Waals surface area contributed by atoms with E-state index >= 15 is 0 Å². The molecular formula is C22H33IN6. The van der Waals surface area contributed by atoms with Crippen LogP contribution in [0.3, 0.4) is 0 Å². The van der Waals surface area contributed by atoms with E-state index in [0.717, 1.165) is 42.5 Å². The highest BCUT2D eigenvalue weighted by Gasteiger charge is 2.36. The Balaban J connectivity index is 0.00000240. The van der Waals surface area contributed by atoms with E-state index < -0.39 is 0 Å². The van der Waals surface area contributed by atoms with Crippen LogP contribution in [0.25, 0.3) is 0 Å². The molecule has 1 saturated carbocycles. The van der Waals surface area contributed by atoms with Crippen LogP contribution >= 0.6 is 24.0 Å². The maximum Gasteiger partial charge on any atom is 0.194 e. The first-order valence-electron chi connectivity index (χ1n) is 10.6. The van der Waals surface area contributed by atoms with E-state index in [1.54, 1.807) is 0 Å². The maximum atomic E-state index is 4.98. The summed E-state index contributed by atoms with van der Waals surface area (Å²) < 4.78 is 2.02. The molecule has 0 radical (unpaired) electrons. The topological polar surface area (TPSA) is 58.3 Å². The molecule has 7 heteroatoms. The van der Waals surface area contributed by atoms with Gasteiger partial charge in [0, 0.05) is 20.1 Å². The van der Waals surface area contributed by atoms with Gasteiger partial charge in [-0.05, 0) is 44.1 Å². The smallest absolute Gasteiger partial charge is 0.194 e. The Hall–Kier alpha value is -1.64. The van der Waals surface area contributed by atoms with Crippen molar-refractivity contribution < 1.29 is 0 Å². The molecule has 1 aromatic heterocycles. The number of hydrogen-bond donors (Lipinski definition) is 1. The van der Waals surface area contributed by atoms with Gasteiger partial charge in [-0.25, -0.2) is 4.99 Å². The van der Waals surface area contributed by atoms with E-state index in [-0.39, 0.29) is 30.0 Å². The number of benzene rings is 1. The second-order valence-electron chi connectivity index (χ2n) is 8.35. The number of nitrogens with one attached hydrogen (secondary N) is 1. The van der Waals surface area contributed by atoms with Crippen LogP contribution in [0.15, 0.2) is 35.3 Å². The van der Waals surface area contributed by atoms with E-state index in [2.05, 4.69) is 57.7 Å². The highest BCUT2D eigenvalue weighted by atomic mass is 127. The molecule has 158 valence electrons. The molecule has 2 aromatic rings. The third-order valence-electron chi connectivity index (χ3n) is 6.47. The van der Waals surface area contributed by atoms with Crippen LogP contribution in [0.5, 0.6) is 0 Å². The first-order valence-corrected chi connectivity index (χ1v) is 10.6. The van der Waals surface area contributed by atoms with Crippen molar-refractivity contribution >= 4 is 29.9 Å². The minimum Gasteiger partial charge on any atom is -0.350 e. The van der Waals surface area contributed by atoms with Gasteiger partial charge in [0.15, 0.2) is 11.8 Å². The molecule has 3 atom stereocenters. The van der Waals surface area contributed by atoms with Gasteiger partial charge in [0.25, 0.3) is 0 Å². The normalized spacial score (nSPS) is 22.7. The van der Waals surface area contributed by atoms with Gasteiger partial charge in [0.1, 0.15) is 12.4 Å². The Morgan fingerprint density at radius 2 is 1.79 bits per heavy atom. The number of halogens is 1. The number of hydrogen-bond acceptors (Lipinski definition) is 3. The van der Waals surface area contributed by atoms with E-state index in [1.165, 1.54) is 31.2 Å². The Bertz CT molecular complexity index is 804. The van der Waals surface area contributed by atoms with Crippen LogP contribution in [-0.2, 0) is 13.6 Å². The van der Waals surface area contributed by atoms with E-state index in [0.29, 0.717) is 6.54 Å². The summed E-state index contributed by atoms with van der Waals surface area (Å²) in [5, 5.41) is 12.2. The minimum absolute atomic E-state index is 0. The van der Waals surface area contributed by atoms with Crippen LogP contribution < -0.4 is 5.32 Å². The van der Waals surface area contributed by atoms with Gasteiger partial charge in [0.2, 0.25) is 0 Å². The lowest BCUT2D eigenvalue weighted by molar-refractivity contribution is 0.299. The van der Waals surface area contributed by atoms with E-state index in [1.807, 2.05) is 18.5 Å². The van der Waals surface area contributed by atoms with Crippen molar-refractivity contribution in [3.63, 3.8) is 0 Å². The molecule has 1 aliphatic carbocycles. The fourth-order valence-electron chi connectivity index (χ4n) is 4.57. The van der Waals surface area contributed by atoms with Gasteiger partial charge < -0.3 is 14.8 Å². The quantitative estimate of drug-likeness (QED) is 0.385. The van der Waals surface area contributed by atoms with Gasteiger partial charge in [0.05, 0.1) is 6.04 Å². The number of likely N-dealkylation sites (tertiary alicyclic amines) is 1. The summed E-state index contributed by atoms with van der Waals surface area (Å²) >= 11 is 0. The van der Waals surface area contributed by atoms with Crippen LogP contribution in [-0.4, -0.2) is 38.7 Å². The molecule has 4 rings (SSSR count). The first-order chi connectivity index (χ1) is 13.6. The van der Waals surface area contributed by atoms with Crippen molar-refractivity contribution in [3.05, 3.63) is 47.5 Å². The second-order valence-corrected chi connectivity index (χ2v) is 8.35. The number of rotatable bonds is 4. The second kappa shape index (κ2) is 9.91. The van der Waals surface area contributed by atoms with Crippen molar-refractivity contribution in [2.75, 3.05) is 13.1 Å². The summed E-state index contributed by atoms with van der Waals surface area (Å²) in [6.45, 7) is 6.97. The Morgan fingerprint density at radius 1 is 1.14 bits per heavy atom. The molecule has 3 unspecified atom stereocenters. The fourth-order valence-corrected chi connectivity index (χ4v) is 4.57. The zero-order valence-corrected chi connectivity index (χ0v) is 20.0. The number of aromatic nitrogens is 3. The Morgan fingerprint density at radius 3 is 2.38 bits per heavy atom. The molecule has 0 spiro atoms. The molecule has 2 heterocycles. The summed E-state index contributed by atoms with van der Waals surface area (Å²) in [4.78, 5) is 7.46. The number of fused-ring (bicyclic) bond motifs is 1. The zero-order chi connectivity index (χ0) is 19.5. The lowest BCUT2D eigenvalue weighted by atomic mass is 9.82. The van der Waals surface area contributed by atoms with Crippen molar-refractivity contribution in [1.29, 1.82) is 0 Å². The average Bonchev–Trinajstić information content (AvgIpc) is 3.29. The molecule has 1 saturated heterocycles. The van der Waals surface area contributed by atoms with E-state index in [4.69, 9.17) is 4.99 Å². The van der Waals surface area contributed by atoms with Gasteiger partial charge in [-0.1, -0.05) is 43.2 Å². The minimum atomic E-state index is 0. The number of aryl methyl sites for hydroxylation is 1. The summed E-state index contributed by atoms with van der Waals surface area (Å²) in [5.41, 5.74) is 1.28. The summed E-state index contributed by atoms with van der Waals surface area (Å²) in [6.07, 6.45) is 5.50.